The number of carbonyl (C=O) groups is 1. The molecule has 1 aromatic rings. The monoisotopic (exact) mass is 250 g/mol. The van der Waals surface area contributed by atoms with Crippen LogP contribution in [0.2, 0.25) is 0 Å². The zero-order valence-electron chi connectivity index (χ0n) is 12.1. The molecule has 1 rings (SSSR count). The molecule has 0 aliphatic heterocycles. The summed E-state index contributed by atoms with van der Waals surface area (Å²) in [4.78, 5) is 11.7. The van der Waals surface area contributed by atoms with E-state index in [0.29, 0.717) is 6.61 Å². The predicted octanol–water partition coefficient (Wildman–Crippen LogP) is 4.55. The Balaban J connectivity index is 0.00000137. The number of ether oxygens (including phenoxy) is 1. The second-order valence-corrected chi connectivity index (χ2v) is 4.01. The van der Waals surface area contributed by atoms with Gasteiger partial charge in [0, 0.05) is 0 Å². The van der Waals surface area contributed by atoms with Crippen LogP contribution in [-0.4, -0.2) is 12.6 Å². The highest BCUT2D eigenvalue weighted by Gasteiger charge is 2.15. The molecule has 102 valence electrons. The summed E-state index contributed by atoms with van der Waals surface area (Å²) in [5, 5.41) is 0. The maximum absolute atomic E-state index is 11.7. The van der Waals surface area contributed by atoms with Crippen molar-refractivity contribution in [2.45, 2.75) is 52.9 Å². The third-order valence-corrected chi connectivity index (χ3v) is 2.65. The zero-order chi connectivity index (χ0) is 13.8. The molecule has 0 saturated heterocycles. The average Bonchev–Trinajstić information content (AvgIpc) is 2.45. The van der Waals surface area contributed by atoms with Crippen LogP contribution in [0.5, 0.6) is 0 Å². The summed E-state index contributed by atoms with van der Waals surface area (Å²) in [6, 6.07) is 9.74. The third kappa shape index (κ3) is 6.43. The van der Waals surface area contributed by atoms with Gasteiger partial charge in [-0.2, -0.15) is 0 Å². The van der Waals surface area contributed by atoms with Crippen molar-refractivity contribution in [2.75, 3.05) is 6.61 Å². The van der Waals surface area contributed by atoms with Crippen molar-refractivity contribution >= 4 is 5.97 Å². The van der Waals surface area contributed by atoms with Gasteiger partial charge in [0.1, 0.15) is 0 Å². The highest BCUT2D eigenvalue weighted by atomic mass is 16.5. The molecule has 0 amide bonds. The second kappa shape index (κ2) is 10.8. The molecule has 1 aromatic carbocycles. The summed E-state index contributed by atoms with van der Waals surface area (Å²) < 4.78 is 5.22. The van der Waals surface area contributed by atoms with Gasteiger partial charge in [-0.3, -0.25) is 4.79 Å². The Hall–Kier alpha value is -1.31. The van der Waals surface area contributed by atoms with E-state index in [9.17, 15) is 4.79 Å². The summed E-state index contributed by atoms with van der Waals surface area (Å²) in [6.45, 7) is 8.57. The average molecular weight is 250 g/mol. The van der Waals surface area contributed by atoms with E-state index in [1.54, 1.807) is 0 Å². The van der Waals surface area contributed by atoms with Crippen LogP contribution in [0.4, 0.5) is 0 Å². The molecule has 0 N–H and O–H groups in total. The van der Waals surface area contributed by atoms with Crippen molar-refractivity contribution in [1.29, 1.82) is 0 Å². The van der Waals surface area contributed by atoms with E-state index in [-0.39, 0.29) is 11.9 Å². The summed E-state index contributed by atoms with van der Waals surface area (Å²) in [5.41, 5.74) is 1.02. The first-order valence-electron chi connectivity index (χ1n) is 6.97. The van der Waals surface area contributed by atoms with Gasteiger partial charge in [-0.1, -0.05) is 63.9 Å². The van der Waals surface area contributed by atoms with Crippen molar-refractivity contribution < 1.29 is 9.53 Å². The topological polar surface area (TPSA) is 26.3 Å². The Labute approximate surface area is 111 Å². The van der Waals surface area contributed by atoms with Crippen LogP contribution in [0.15, 0.2) is 30.3 Å². The molecular formula is C16H26O2. The normalized spacial score (nSPS) is 11.1. The number of unbranched alkanes of at least 4 members (excludes halogenated alkanes) is 2. The SMILES string of the molecule is CC.CCCCCOC(=O)C(C)c1ccccc1. The van der Waals surface area contributed by atoms with Crippen LogP contribution in [0.25, 0.3) is 0 Å². The van der Waals surface area contributed by atoms with Crippen molar-refractivity contribution in [1.82, 2.24) is 0 Å². The Bertz CT molecular complexity index is 306. The minimum absolute atomic E-state index is 0.123. The molecule has 1 atom stereocenters. The molecule has 1 unspecified atom stereocenters. The van der Waals surface area contributed by atoms with E-state index in [0.717, 1.165) is 24.8 Å². The molecule has 0 fully saturated rings. The number of carbonyl (C=O) groups excluding carboxylic acids is 1. The molecule has 0 radical (unpaired) electrons. The number of rotatable bonds is 6. The van der Waals surface area contributed by atoms with Gasteiger partial charge in [-0.05, 0) is 18.9 Å². The molecular weight excluding hydrogens is 224 g/mol. The fraction of sp³-hybridized carbons (Fsp3) is 0.562. The lowest BCUT2D eigenvalue weighted by molar-refractivity contribution is -0.145. The summed E-state index contributed by atoms with van der Waals surface area (Å²) >= 11 is 0. The molecule has 0 saturated carbocycles. The first-order chi connectivity index (χ1) is 8.75. The minimum Gasteiger partial charge on any atom is -0.465 e. The van der Waals surface area contributed by atoms with E-state index in [1.807, 2.05) is 51.1 Å². The van der Waals surface area contributed by atoms with E-state index in [1.165, 1.54) is 0 Å². The van der Waals surface area contributed by atoms with Gasteiger partial charge in [-0.25, -0.2) is 0 Å². The molecule has 2 heteroatoms. The quantitative estimate of drug-likeness (QED) is 0.547. The first kappa shape index (κ1) is 16.7. The Kier molecular flexibility index (Phi) is 10.0. The fourth-order valence-corrected chi connectivity index (χ4v) is 1.53. The Morgan fingerprint density at radius 2 is 1.78 bits per heavy atom. The second-order valence-electron chi connectivity index (χ2n) is 4.01. The fourth-order valence-electron chi connectivity index (χ4n) is 1.53. The van der Waals surface area contributed by atoms with E-state index in [2.05, 4.69) is 6.92 Å². The van der Waals surface area contributed by atoms with Crippen LogP contribution >= 0.6 is 0 Å². The Morgan fingerprint density at radius 3 is 2.33 bits per heavy atom. The zero-order valence-corrected chi connectivity index (χ0v) is 12.1. The molecule has 2 nitrogen and oxygen atoms in total. The van der Waals surface area contributed by atoms with Gasteiger partial charge >= 0.3 is 5.97 Å². The molecule has 0 heterocycles. The smallest absolute Gasteiger partial charge is 0.313 e. The van der Waals surface area contributed by atoms with E-state index in [4.69, 9.17) is 4.74 Å². The molecule has 0 aromatic heterocycles. The van der Waals surface area contributed by atoms with Gasteiger partial charge in [-0.15, -0.1) is 0 Å². The van der Waals surface area contributed by atoms with Crippen molar-refractivity contribution in [3.05, 3.63) is 35.9 Å². The van der Waals surface area contributed by atoms with Gasteiger partial charge in [0.05, 0.1) is 12.5 Å². The Morgan fingerprint density at radius 1 is 1.17 bits per heavy atom. The molecule has 0 aliphatic carbocycles. The number of esters is 1. The summed E-state index contributed by atoms with van der Waals surface area (Å²) in [6.07, 6.45) is 3.22. The van der Waals surface area contributed by atoms with Gasteiger partial charge in [0.25, 0.3) is 0 Å². The highest BCUT2D eigenvalue weighted by Crippen LogP contribution is 2.16. The largest absolute Gasteiger partial charge is 0.465 e. The number of hydrogen-bond donors (Lipinski definition) is 0. The van der Waals surface area contributed by atoms with Crippen molar-refractivity contribution in [3.8, 4) is 0 Å². The lowest BCUT2D eigenvalue weighted by atomic mass is 10.0. The van der Waals surface area contributed by atoms with Gasteiger partial charge < -0.3 is 4.74 Å². The molecule has 0 bridgehead atoms. The maximum Gasteiger partial charge on any atom is 0.313 e. The van der Waals surface area contributed by atoms with Crippen LogP contribution in [0.3, 0.4) is 0 Å². The third-order valence-electron chi connectivity index (χ3n) is 2.65. The van der Waals surface area contributed by atoms with Crippen molar-refractivity contribution in [3.63, 3.8) is 0 Å². The minimum atomic E-state index is -0.164. The summed E-state index contributed by atoms with van der Waals surface area (Å²) in [5.74, 6) is -0.287. The molecule has 0 aliphatic rings. The van der Waals surface area contributed by atoms with Gasteiger partial charge in [0.15, 0.2) is 0 Å². The number of benzene rings is 1. The first-order valence-corrected chi connectivity index (χ1v) is 6.97. The lowest BCUT2D eigenvalue weighted by Gasteiger charge is -2.11. The standard InChI is InChI=1S/C14H20O2.C2H6/c1-3-4-8-11-16-14(15)12(2)13-9-6-5-7-10-13;1-2/h5-7,9-10,12H,3-4,8,11H2,1-2H3;1-2H3. The summed E-state index contributed by atoms with van der Waals surface area (Å²) in [7, 11) is 0. The molecule has 0 spiro atoms. The van der Waals surface area contributed by atoms with Crippen LogP contribution in [0.1, 0.15) is 58.4 Å². The maximum atomic E-state index is 11.7. The lowest BCUT2D eigenvalue weighted by Crippen LogP contribution is -2.13. The predicted molar refractivity (Wildman–Crippen MR) is 76.7 cm³/mol. The van der Waals surface area contributed by atoms with Crippen LogP contribution in [-0.2, 0) is 9.53 Å². The highest BCUT2D eigenvalue weighted by molar-refractivity contribution is 5.77. The van der Waals surface area contributed by atoms with E-state index >= 15 is 0 Å². The van der Waals surface area contributed by atoms with Crippen molar-refractivity contribution in [2.24, 2.45) is 0 Å². The van der Waals surface area contributed by atoms with E-state index < -0.39 is 0 Å². The van der Waals surface area contributed by atoms with Gasteiger partial charge in [0.2, 0.25) is 0 Å². The number of hydrogen-bond acceptors (Lipinski definition) is 2. The van der Waals surface area contributed by atoms with Crippen LogP contribution < -0.4 is 0 Å². The van der Waals surface area contributed by atoms with Crippen LogP contribution in [0, 0.1) is 0 Å². The molecule has 18 heavy (non-hydrogen) atoms.